The van der Waals surface area contributed by atoms with Gasteiger partial charge in [-0.2, -0.15) is 9.61 Å². The molecule has 4 rings (SSSR count). The van der Waals surface area contributed by atoms with E-state index in [9.17, 15) is 4.39 Å². The Balaban J connectivity index is 1.90. The van der Waals surface area contributed by atoms with Crippen LogP contribution in [-0.4, -0.2) is 24.6 Å². The normalized spacial score (nSPS) is 18.2. The minimum Gasteiger partial charge on any atom is -0.264 e. The molecule has 0 saturated heterocycles. The van der Waals surface area contributed by atoms with E-state index in [2.05, 4.69) is 20.1 Å². The summed E-state index contributed by atoms with van der Waals surface area (Å²) < 4.78 is 86.6. The van der Waals surface area contributed by atoms with E-state index in [0.717, 1.165) is 11.8 Å². The van der Waals surface area contributed by atoms with Gasteiger partial charge in [0.25, 0.3) is 5.78 Å². The van der Waals surface area contributed by atoms with Crippen LogP contribution in [0, 0.1) is 12.7 Å². The van der Waals surface area contributed by atoms with Crippen molar-refractivity contribution in [2.75, 3.05) is 0 Å². The smallest absolute Gasteiger partial charge is 0.251 e. The number of benzene rings is 1. The van der Waals surface area contributed by atoms with Crippen molar-refractivity contribution in [3.8, 4) is 22.4 Å². The molecule has 6 heteroatoms. The first-order chi connectivity index (χ1) is 16.6. The molecular weight excluding hydrogens is 341 g/mol. The first-order valence-electron chi connectivity index (χ1n) is 12.5. The van der Waals surface area contributed by atoms with Crippen molar-refractivity contribution in [3.63, 3.8) is 0 Å². The van der Waals surface area contributed by atoms with E-state index in [0.29, 0.717) is 16.8 Å². The van der Waals surface area contributed by atoms with Crippen molar-refractivity contribution in [2.45, 2.75) is 32.9 Å². The Morgan fingerprint density at radius 2 is 1.93 bits per heavy atom. The first-order valence-corrected chi connectivity index (χ1v) is 8.02. The summed E-state index contributed by atoms with van der Waals surface area (Å²) in [6.07, 6.45) is 5.29. The Hall–Kier alpha value is -3.15. The van der Waals surface area contributed by atoms with Crippen molar-refractivity contribution in [2.24, 2.45) is 0 Å². The molecule has 136 valence electrons. The predicted octanol–water partition coefficient (Wildman–Crippen LogP) is 4.60. The molecule has 5 nitrogen and oxygen atoms in total. The monoisotopic (exact) mass is 370 g/mol. The number of hydrogen-bond donors (Lipinski definition) is 0. The molecule has 0 saturated carbocycles. The Bertz CT molecular complexity index is 1400. The molecule has 0 aliphatic heterocycles. The molecule has 0 atom stereocenters. The lowest BCUT2D eigenvalue weighted by atomic mass is 9.93. The van der Waals surface area contributed by atoms with Gasteiger partial charge in [0, 0.05) is 46.8 Å². The second-order valence-corrected chi connectivity index (χ2v) is 6.13. The van der Waals surface area contributed by atoms with E-state index in [1.165, 1.54) is 29.0 Å². The van der Waals surface area contributed by atoms with Gasteiger partial charge in [-0.15, -0.1) is 0 Å². The van der Waals surface area contributed by atoms with Crippen LogP contribution in [0.3, 0.4) is 0 Å². The molecule has 4 aromatic rings. The van der Waals surface area contributed by atoms with Gasteiger partial charge >= 0.3 is 0 Å². The standard InChI is InChI=1S/C21H20FN5/c1-13-7-8-23-10-16(13)15-9-14(5-6-17(15)22)18-11-24-20-26-19(21(2,3)4)12-25-27(18)20/h5-12H,1-4H3/i2D3,3D3,4D3. The highest BCUT2D eigenvalue weighted by Crippen LogP contribution is 2.30. The zero-order valence-corrected chi connectivity index (χ0v) is 14.2. The number of nitrogens with zero attached hydrogens (tertiary/aromatic N) is 5. The number of imidazole rings is 1. The van der Waals surface area contributed by atoms with Gasteiger partial charge in [0.15, 0.2) is 0 Å². The SMILES string of the molecule is [2H]C([2H])([2H])C(c1cnn2c(-c3ccc(F)c(-c4cnccc4C)c3)cnc2n1)(C([2H])([2H])[2H])C([2H])([2H])[2H]. The third-order valence-electron chi connectivity index (χ3n) is 4.21. The molecule has 0 N–H and O–H groups in total. The molecular formula is C21H20FN5. The van der Waals surface area contributed by atoms with E-state index >= 15 is 0 Å². The lowest BCUT2D eigenvalue weighted by molar-refractivity contribution is 0.562. The van der Waals surface area contributed by atoms with Crippen LogP contribution in [0.2, 0.25) is 0 Å². The van der Waals surface area contributed by atoms with Crippen LogP contribution in [0.25, 0.3) is 28.2 Å². The molecule has 27 heavy (non-hydrogen) atoms. The molecule has 0 fully saturated rings. The summed E-state index contributed by atoms with van der Waals surface area (Å²) in [6.45, 7) is -8.60. The van der Waals surface area contributed by atoms with Gasteiger partial charge in [0.1, 0.15) is 5.82 Å². The average molecular weight is 370 g/mol. The van der Waals surface area contributed by atoms with Crippen LogP contribution in [0.5, 0.6) is 0 Å². The molecule has 0 amide bonds. The predicted molar refractivity (Wildman–Crippen MR) is 103 cm³/mol. The van der Waals surface area contributed by atoms with Crippen LogP contribution in [0.4, 0.5) is 4.39 Å². The number of pyridine rings is 1. The van der Waals surface area contributed by atoms with Crippen LogP contribution in [0.15, 0.2) is 49.1 Å². The van der Waals surface area contributed by atoms with Crippen LogP contribution >= 0.6 is 0 Å². The maximum atomic E-state index is 14.7. The Morgan fingerprint density at radius 3 is 2.70 bits per heavy atom. The summed E-state index contributed by atoms with van der Waals surface area (Å²) in [4.78, 5) is 12.2. The lowest BCUT2D eigenvalue weighted by Crippen LogP contribution is -2.15. The van der Waals surface area contributed by atoms with Gasteiger partial charge in [-0.3, -0.25) is 4.98 Å². The molecule has 0 aliphatic carbocycles. The van der Waals surface area contributed by atoms with Crippen molar-refractivity contribution < 1.29 is 16.7 Å². The van der Waals surface area contributed by atoms with E-state index in [1.807, 2.05) is 6.92 Å². The summed E-state index contributed by atoms with van der Waals surface area (Å²) >= 11 is 0. The first kappa shape index (κ1) is 9.69. The topological polar surface area (TPSA) is 56.0 Å². The van der Waals surface area contributed by atoms with E-state index in [1.54, 1.807) is 18.3 Å². The van der Waals surface area contributed by atoms with E-state index in [-0.39, 0.29) is 11.3 Å². The highest BCUT2D eigenvalue weighted by atomic mass is 19.1. The molecule has 0 unspecified atom stereocenters. The maximum Gasteiger partial charge on any atom is 0.251 e. The van der Waals surface area contributed by atoms with Gasteiger partial charge in [0.05, 0.1) is 23.8 Å². The van der Waals surface area contributed by atoms with Gasteiger partial charge in [0.2, 0.25) is 0 Å². The Morgan fingerprint density at radius 1 is 1.07 bits per heavy atom. The second-order valence-electron chi connectivity index (χ2n) is 6.13. The van der Waals surface area contributed by atoms with Crippen molar-refractivity contribution in [1.29, 1.82) is 0 Å². The van der Waals surface area contributed by atoms with Gasteiger partial charge in [-0.25, -0.2) is 14.4 Å². The van der Waals surface area contributed by atoms with Crippen molar-refractivity contribution in [1.82, 2.24) is 24.6 Å². The third kappa shape index (κ3) is 3.07. The highest BCUT2D eigenvalue weighted by molar-refractivity contribution is 5.74. The molecule has 0 aliphatic rings. The van der Waals surface area contributed by atoms with Crippen LogP contribution < -0.4 is 0 Å². The van der Waals surface area contributed by atoms with Crippen LogP contribution in [-0.2, 0) is 5.41 Å². The quantitative estimate of drug-likeness (QED) is 0.517. The largest absolute Gasteiger partial charge is 0.264 e. The number of hydrogen-bond acceptors (Lipinski definition) is 4. The number of rotatable bonds is 2. The second kappa shape index (κ2) is 6.23. The molecule has 0 radical (unpaired) electrons. The lowest BCUT2D eigenvalue weighted by Gasteiger charge is -2.16. The molecule has 0 bridgehead atoms. The Kier molecular flexibility index (Phi) is 2.24. The molecule has 0 spiro atoms. The van der Waals surface area contributed by atoms with Crippen LogP contribution in [0.1, 0.15) is 44.1 Å². The zero-order valence-electron chi connectivity index (χ0n) is 23.2. The zero-order chi connectivity index (χ0) is 26.7. The third-order valence-corrected chi connectivity index (χ3v) is 4.21. The molecule has 3 aromatic heterocycles. The number of aryl methyl sites for hydroxylation is 1. The molecule has 1 aromatic carbocycles. The summed E-state index contributed by atoms with van der Waals surface area (Å²) in [6, 6.07) is 6.06. The van der Waals surface area contributed by atoms with E-state index < -0.39 is 37.5 Å². The fraction of sp³-hybridized carbons (Fsp3) is 0.238. The minimum absolute atomic E-state index is 0.215. The summed E-state index contributed by atoms with van der Waals surface area (Å²) in [7, 11) is 0. The number of fused-ring (bicyclic) bond motifs is 1. The fourth-order valence-electron chi connectivity index (χ4n) is 2.79. The number of aromatic nitrogens is 5. The Labute approximate surface area is 169 Å². The van der Waals surface area contributed by atoms with Crippen molar-refractivity contribution >= 4 is 5.78 Å². The fourth-order valence-corrected chi connectivity index (χ4v) is 2.79. The number of halogens is 1. The van der Waals surface area contributed by atoms with Gasteiger partial charge < -0.3 is 0 Å². The summed E-state index contributed by atoms with van der Waals surface area (Å²) in [5, 5.41) is 4.10. The highest BCUT2D eigenvalue weighted by Gasteiger charge is 2.19. The average Bonchev–Trinajstić information content (AvgIpc) is 3.15. The molecule has 3 heterocycles. The van der Waals surface area contributed by atoms with Crippen molar-refractivity contribution in [3.05, 3.63) is 66.1 Å². The van der Waals surface area contributed by atoms with Gasteiger partial charge in [-0.05, 0) is 36.8 Å². The van der Waals surface area contributed by atoms with Gasteiger partial charge in [-0.1, -0.05) is 20.6 Å². The van der Waals surface area contributed by atoms with E-state index in [4.69, 9.17) is 12.3 Å². The maximum absolute atomic E-state index is 14.7. The minimum atomic E-state index is -3.47. The summed E-state index contributed by atoms with van der Waals surface area (Å²) in [5.41, 5.74) is -1.56. The summed E-state index contributed by atoms with van der Waals surface area (Å²) in [5.74, 6) is -0.692.